The number of likely N-dealkylation sites (N-methyl/N-ethyl adjacent to an activating group) is 1. The summed E-state index contributed by atoms with van der Waals surface area (Å²) in [6, 6.07) is 7.31. The van der Waals surface area contributed by atoms with Crippen molar-refractivity contribution in [2.24, 2.45) is 0 Å². The van der Waals surface area contributed by atoms with Gasteiger partial charge in [-0.3, -0.25) is 0 Å². The van der Waals surface area contributed by atoms with Crippen molar-refractivity contribution in [3.8, 4) is 0 Å². The van der Waals surface area contributed by atoms with Gasteiger partial charge >= 0.3 is 0 Å². The molecule has 0 aromatic heterocycles. The number of unbranched alkanes of at least 4 members (excludes halogenated alkanes) is 3. The predicted molar refractivity (Wildman–Crippen MR) is 97.3 cm³/mol. The van der Waals surface area contributed by atoms with Crippen LogP contribution in [0, 0.1) is 0 Å². The first kappa shape index (κ1) is 20.1. The van der Waals surface area contributed by atoms with E-state index in [1.54, 1.807) is 12.1 Å². The summed E-state index contributed by atoms with van der Waals surface area (Å²) in [5, 5.41) is 0. The minimum Gasteiger partial charge on any atom is -0.303 e. The highest BCUT2D eigenvalue weighted by Crippen LogP contribution is 2.13. The third-order valence-electron chi connectivity index (χ3n) is 4.17. The number of nitrogens with zero attached hydrogens (tertiary/aromatic N) is 1. The summed E-state index contributed by atoms with van der Waals surface area (Å²) in [7, 11) is -3.39. The highest BCUT2D eigenvalue weighted by atomic mass is 32.2. The Morgan fingerprint density at radius 1 is 0.957 bits per heavy atom. The first-order valence-electron chi connectivity index (χ1n) is 8.84. The molecule has 1 aromatic rings. The molecular weight excluding hydrogens is 308 g/mol. The normalized spacial score (nSPS) is 12.0. The number of rotatable bonds is 12. The maximum absolute atomic E-state index is 12.3. The molecule has 1 N–H and O–H groups in total. The summed E-state index contributed by atoms with van der Waals surface area (Å²) in [6.07, 6.45) is 5.93. The van der Waals surface area contributed by atoms with Crippen LogP contribution in [0.1, 0.15) is 52.0 Å². The van der Waals surface area contributed by atoms with Gasteiger partial charge < -0.3 is 4.90 Å². The summed E-state index contributed by atoms with van der Waals surface area (Å²) in [6.45, 7) is 9.42. The third kappa shape index (κ3) is 7.46. The lowest BCUT2D eigenvalue weighted by Gasteiger charge is -2.18. The van der Waals surface area contributed by atoms with Gasteiger partial charge in [0.2, 0.25) is 10.0 Å². The molecule has 0 spiro atoms. The van der Waals surface area contributed by atoms with Crippen molar-refractivity contribution in [3.05, 3.63) is 29.8 Å². The Kier molecular flexibility index (Phi) is 9.44. The number of benzene rings is 1. The molecule has 0 radical (unpaired) electrons. The van der Waals surface area contributed by atoms with Crippen LogP contribution in [0.4, 0.5) is 0 Å². The lowest BCUT2D eigenvalue weighted by Crippen LogP contribution is -2.34. The van der Waals surface area contributed by atoms with E-state index in [1.165, 1.54) is 31.2 Å². The van der Waals surface area contributed by atoms with Gasteiger partial charge in [0.25, 0.3) is 0 Å². The number of sulfonamides is 1. The van der Waals surface area contributed by atoms with E-state index in [2.05, 4.69) is 30.4 Å². The van der Waals surface area contributed by atoms with Crippen molar-refractivity contribution in [1.29, 1.82) is 0 Å². The second-order valence-electron chi connectivity index (χ2n) is 5.88. The Bertz CT molecular complexity index is 522. The van der Waals surface area contributed by atoms with Crippen LogP contribution >= 0.6 is 0 Å². The van der Waals surface area contributed by atoms with E-state index >= 15 is 0 Å². The molecule has 0 amide bonds. The molecule has 0 aliphatic carbocycles. The predicted octanol–water partition coefficient (Wildman–Crippen LogP) is 3.43. The van der Waals surface area contributed by atoms with Crippen LogP contribution in [0.2, 0.25) is 0 Å². The molecule has 5 heteroatoms. The maximum Gasteiger partial charge on any atom is 0.240 e. The van der Waals surface area contributed by atoms with Gasteiger partial charge in [0.05, 0.1) is 4.90 Å². The van der Waals surface area contributed by atoms with Crippen molar-refractivity contribution >= 4 is 10.0 Å². The quantitative estimate of drug-likeness (QED) is 0.593. The average Bonchev–Trinajstić information content (AvgIpc) is 2.56. The third-order valence-corrected chi connectivity index (χ3v) is 5.64. The van der Waals surface area contributed by atoms with Crippen LogP contribution in [-0.4, -0.2) is 39.5 Å². The number of hydrogen-bond donors (Lipinski definition) is 1. The van der Waals surface area contributed by atoms with Crippen LogP contribution < -0.4 is 4.72 Å². The summed E-state index contributed by atoms with van der Waals surface area (Å²) < 4.78 is 27.2. The molecule has 0 bridgehead atoms. The minimum absolute atomic E-state index is 0.356. The summed E-state index contributed by atoms with van der Waals surface area (Å²) in [5.74, 6) is 0. The molecule has 4 nitrogen and oxygen atoms in total. The second kappa shape index (κ2) is 10.8. The van der Waals surface area contributed by atoms with Gasteiger partial charge in [-0.15, -0.1) is 0 Å². The lowest BCUT2D eigenvalue weighted by atomic mass is 10.1. The van der Waals surface area contributed by atoms with E-state index in [9.17, 15) is 8.42 Å². The van der Waals surface area contributed by atoms with E-state index in [0.29, 0.717) is 11.4 Å². The molecule has 0 aliphatic heterocycles. The largest absolute Gasteiger partial charge is 0.303 e. The zero-order valence-electron chi connectivity index (χ0n) is 14.8. The Balaban J connectivity index is 2.50. The van der Waals surface area contributed by atoms with Crippen LogP contribution in [0.5, 0.6) is 0 Å². The molecule has 0 unspecified atom stereocenters. The van der Waals surface area contributed by atoms with Gasteiger partial charge in [0.15, 0.2) is 0 Å². The molecule has 0 fully saturated rings. The van der Waals surface area contributed by atoms with E-state index in [0.717, 1.165) is 26.1 Å². The molecule has 0 saturated heterocycles. The van der Waals surface area contributed by atoms with Gasteiger partial charge in [-0.1, -0.05) is 52.2 Å². The maximum atomic E-state index is 12.3. The van der Waals surface area contributed by atoms with E-state index < -0.39 is 10.0 Å². The topological polar surface area (TPSA) is 49.4 Å². The van der Waals surface area contributed by atoms with Crippen LogP contribution in [0.15, 0.2) is 29.2 Å². The molecule has 0 atom stereocenters. The molecule has 1 aromatic carbocycles. The zero-order chi connectivity index (χ0) is 17.1. The average molecular weight is 341 g/mol. The van der Waals surface area contributed by atoms with Gasteiger partial charge in [-0.2, -0.15) is 0 Å². The lowest BCUT2D eigenvalue weighted by molar-refractivity contribution is 0.309. The summed E-state index contributed by atoms with van der Waals surface area (Å²) in [5.41, 5.74) is 1.21. The fourth-order valence-corrected chi connectivity index (χ4v) is 3.57. The summed E-state index contributed by atoms with van der Waals surface area (Å²) >= 11 is 0. The molecule has 0 aliphatic rings. The van der Waals surface area contributed by atoms with Gasteiger partial charge in [-0.25, -0.2) is 13.1 Å². The second-order valence-corrected chi connectivity index (χ2v) is 7.65. The standard InChI is InChI=1S/C18H32N2O2S/c1-4-7-8-9-10-17-11-13-18(14-12-17)23(21,22)19-15-16-20(5-2)6-3/h11-14,19H,4-10,15-16H2,1-3H3. The highest BCUT2D eigenvalue weighted by Gasteiger charge is 2.13. The Morgan fingerprint density at radius 2 is 1.61 bits per heavy atom. The van der Waals surface area contributed by atoms with Crippen molar-refractivity contribution < 1.29 is 8.42 Å². The number of hydrogen-bond acceptors (Lipinski definition) is 3. The fraction of sp³-hybridized carbons (Fsp3) is 0.667. The Morgan fingerprint density at radius 3 is 2.17 bits per heavy atom. The first-order valence-corrected chi connectivity index (χ1v) is 10.3. The van der Waals surface area contributed by atoms with E-state index in [1.807, 2.05) is 12.1 Å². The number of aryl methyl sites for hydroxylation is 1. The van der Waals surface area contributed by atoms with E-state index in [-0.39, 0.29) is 0 Å². The monoisotopic (exact) mass is 340 g/mol. The molecule has 0 heterocycles. The van der Waals surface area contributed by atoms with Crippen molar-refractivity contribution in [3.63, 3.8) is 0 Å². The molecule has 23 heavy (non-hydrogen) atoms. The van der Waals surface area contributed by atoms with Crippen molar-refractivity contribution in [2.45, 2.75) is 57.8 Å². The number of nitrogens with one attached hydrogen (secondary N) is 1. The fourth-order valence-electron chi connectivity index (χ4n) is 2.55. The van der Waals surface area contributed by atoms with Gasteiger partial charge in [-0.05, 0) is 43.6 Å². The Hall–Kier alpha value is -0.910. The van der Waals surface area contributed by atoms with Crippen LogP contribution in [-0.2, 0) is 16.4 Å². The summed E-state index contributed by atoms with van der Waals surface area (Å²) in [4.78, 5) is 2.55. The van der Waals surface area contributed by atoms with Gasteiger partial charge in [0.1, 0.15) is 0 Å². The molecule has 0 saturated carbocycles. The molecular formula is C18H32N2O2S. The van der Waals surface area contributed by atoms with Crippen LogP contribution in [0.25, 0.3) is 0 Å². The smallest absolute Gasteiger partial charge is 0.240 e. The van der Waals surface area contributed by atoms with Crippen LogP contribution in [0.3, 0.4) is 0 Å². The van der Waals surface area contributed by atoms with Crippen molar-refractivity contribution in [1.82, 2.24) is 9.62 Å². The SMILES string of the molecule is CCCCCCc1ccc(S(=O)(=O)NCCN(CC)CC)cc1. The van der Waals surface area contributed by atoms with Gasteiger partial charge in [0, 0.05) is 13.1 Å². The highest BCUT2D eigenvalue weighted by molar-refractivity contribution is 7.89. The first-order chi connectivity index (χ1) is 11.0. The zero-order valence-corrected chi connectivity index (χ0v) is 15.7. The molecule has 1 rings (SSSR count). The minimum atomic E-state index is -3.39. The van der Waals surface area contributed by atoms with E-state index in [4.69, 9.17) is 0 Å². The Labute approximate surface area is 142 Å². The van der Waals surface area contributed by atoms with Crippen molar-refractivity contribution in [2.75, 3.05) is 26.2 Å². The molecule has 132 valence electrons.